The standard InChI is InChI=1S/C20H20N4O4/c1-28-17-4-3-14(20(26)27)10-15(17)9-13-5-8-23(12-13)19(25)16-11-22-24-7-2-6-21-18(16)24/h2-4,6-7,10-11,13H,5,8-9,12H2,1H3,(H,26,27). The molecule has 1 aliphatic heterocycles. The lowest BCUT2D eigenvalue weighted by Crippen LogP contribution is -2.29. The van der Waals surface area contributed by atoms with E-state index in [-0.39, 0.29) is 17.4 Å². The van der Waals surface area contributed by atoms with Crippen LogP contribution in [0.3, 0.4) is 0 Å². The number of carboxylic acids is 1. The van der Waals surface area contributed by atoms with Crippen LogP contribution in [-0.4, -0.2) is 56.7 Å². The van der Waals surface area contributed by atoms with E-state index in [1.165, 1.54) is 6.07 Å². The molecule has 1 N–H and O–H groups in total. The molecule has 8 heteroatoms. The molecule has 2 aromatic heterocycles. The third-order valence-corrected chi connectivity index (χ3v) is 5.12. The number of ether oxygens (including phenoxy) is 1. The maximum absolute atomic E-state index is 12.9. The van der Waals surface area contributed by atoms with E-state index in [1.54, 1.807) is 48.4 Å². The summed E-state index contributed by atoms with van der Waals surface area (Å²) in [4.78, 5) is 30.2. The van der Waals surface area contributed by atoms with Crippen LogP contribution in [0.2, 0.25) is 0 Å². The average molecular weight is 380 g/mol. The number of methoxy groups -OCH3 is 1. The molecule has 144 valence electrons. The summed E-state index contributed by atoms with van der Waals surface area (Å²) in [6.07, 6.45) is 6.45. The van der Waals surface area contributed by atoms with Crippen LogP contribution in [0, 0.1) is 5.92 Å². The molecule has 3 heterocycles. The molecule has 1 unspecified atom stereocenters. The fraction of sp³-hybridized carbons (Fsp3) is 0.300. The van der Waals surface area contributed by atoms with Crippen molar-refractivity contribution in [3.05, 3.63) is 59.5 Å². The molecule has 4 rings (SSSR count). The van der Waals surface area contributed by atoms with E-state index >= 15 is 0 Å². The number of amides is 1. The Morgan fingerprint density at radius 2 is 2.21 bits per heavy atom. The number of fused-ring (bicyclic) bond motifs is 1. The van der Waals surface area contributed by atoms with Crippen LogP contribution in [0.5, 0.6) is 5.75 Å². The first kappa shape index (κ1) is 18.0. The van der Waals surface area contributed by atoms with Crippen LogP contribution >= 0.6 is 0 Å². The van der Waals surface area contributed by atoms with Crippen molar-refractivity contribution >= 4 is 17.5 Å². The zero-order valence-corrected chi connectivity index (χ0v) is 15.4. The first-order chi connectivity index (χ1) is 13.6. The van der Waals surface area contributed by atoms with E-state index in [0.29, 0.717) is 36.5 Å². The van der Waals surface area contributed by atoms with E-state index in [0.717, 1.165) is 12.0 Å². The minimum atomic E-state index is -0.965. The van der Waals surface area contributed by atoms with E-state index in [2.05, 4.69) is 10.1 Å². The summed E-state index contributed by atoms with van der Waals surface area (Å²) in [6.45, 7) is 1.25. The SMILES string of the molecule is COc1ccc(C(=O)O)cc1CC1CCN(C(=O)c2cnn3cccnc23)C1. The van der Waals surface area contributed by atoms with Crippen molar-refractivity contribution in [2.45, 2.75) is 12.8 Å². The number of nitrogens with zero attached hydrogens (tertiary/aromatic N) is 4. The minimum absolute atomic E-state index is 0.0811. The fourth-order valence-corrected chi connectivity index (χ4v) is 3.71. The second kappa shape index (κ2) is 7.30. The number of aromatic nitrogens is 3. The van der Waals surface area contributed by atoms with Gasteiger partial charge >= 0.3 is 5.97 Å². The summed E-state index contributed by atoms with van der Waals surface area (Å²) >= 11 is 0. The average Bonchev–Trinajstić information content (AvgIpc) is 3.34. The molecule has 8 nitrogen and oxygen atoms in total. The topological polar surface area (TPSA) is 97.0 Å². The van der Waals surface area contributed by atoms with Gasteiger partial charge in [0, 0.05) is 25.5 Å². The highest BCUT2D eigenvalue weighted by molar-refractivity contribution is 5.99. The molecule has 0 saturated carbocycles. The van der Waals surface area contributed by atoms with Gasteiger partial charge in [0.2, 0.25) is 0 Å². The number of carbonyl (C=O) groups is 2. The van der Waals surface area contributed by atoms with Gasteiger partial charge in [-0.1, -0.05) is 0 Å². The molecule has 0 radical (unpaired) electrons. The zero-order chi connectivity index (χ0) is 19.7. The quantitative estimate of drug-likeness (QED) is 0.728. The number of aromatic carboxylic acids is 1. The van der Waals surface area contributed by atoms with Gasteiger partial charge in [-0.25, -0.2) is 14.3 Å². The second-order valence-electron chi connectivity index (χ2n) is 6.89. The van der Waals surface area contributed by atoms with Crippen LogP contribution in [0.1, 0.15) is 32.7 Å². The number of likely N-dealkylation sites (tertiary alicyclic amines) is 1. The normalized spacial score (nSPS) is 16.5. The zero-order valence-electron chi connectivity index (χ0n) is 15.4. The summed E-state index contributed by atoms with van der Waals surface area (Å²) in [5.41, 5.74) is 2.12. The molecular formula is C20H20N4O4. The molecule has 1 aliphatic rings. The summed E-state index contributed by atoms with van der Waals surface area (Å²) in [5, 5.41) is 13.4. The third-order valence-electron chi connectivity index (χ3n) is 5.12. The van der Waals surface area contributed by atoms with Crippen molar-refractivity contribution in [2.24, 2.45) is 5.92 Å². The molecule has 1 atom stereocenters. The van der Waals surface area contributed by atoms with Gasteiger partial charge in [-0.2, -0.15) is 5.10 Å². The number of hydrogen-bond acceptors (Lipinski definition) is 5. The Morgan fingerprint density at radius 1 is 1.36 bits per heavy atom. The minimum Gasteiger partial charge on any atom is -0.496 e. The highest BCUT2D eigenvalue weighted by Gasteiger charge is 2.29. The number of carbonyl (C=O) groups excluding carboxylic acids is 1. The van der Waals surface area contributed by atoms with Crippen molar-refractivity contribution in [2.75, 3.05) is 20.2 Å². The van der Waals surface area contributed by atoms with Gasteiger partial charge in [0.1, 0.15) is 11.3 Å². The van der Waals surface area contributed by atoms with Crippen LogP contribution < -0.4 is 4.74 Å². The summed E-state index contributed by atoms with van der Waals surface area (Å²) in [5.74, 6) is -0.145. The Kier molecular flexibility index (Phi) is 4.68. The first-order valence-corrected chi connectivity index (χ1v) is 9.04. The van der Waals surface area contributed by atoms with Gasteiger partial charge in [-0.05, 0) is 48.6 Å². The number of rotatable bonds is 5. The highest BCUT2D eigenvalue weighted by atomic mass is 16.5. The molecular weight excluding hydrogens is 360 g/mol. The molecule has 0 aliphatic carbocycles. The Hall–Kier alpha value is -3.42. The summed E-state index contributed by atoms with van der Waals surface area (Å²) < 4.78 is 6.97. The predicted octanol–water partition coefficient (Wildman–Crippen LogP) is 2.14. The third kappa shape index (κ3) is 3.28. The molecule has 3 aromatic rings. The Morgan fingerprint density at radius 3 is 3.00 bits per heavy atom. The number of benzene rings is 1. The monoisotopic (exact) mass is 380 g/mol. The fourth-order valence-electron chi connectivity index (χ4n) is 3.71. The van der Waals surface area contributed by atoms with Crippen LogP contribution in [0.15, 0.2) is 42.9 Å². The van der Waals surface area contributed by atoms with Crippen LogP contribution in [-0.2, 0) is 6.42 Å². The van der Waals surface area contributed by atoms with Crippen LogP contribution in [0.25, 0.3) is 5.65 Å². The van der Waals surface area contributed by atoms with Gasteiger partial charge in [0.15, 0.2) is 5.65 Å². The van der Waals surface area contributed by atoms with Crippen molar-refractivity contribution < 1.29 is 19.4 Å². The number of carboxylic acid groups (broad SMARTS) is 1. The molecule has 1 amide bonds. The summed E-state index contributed by atoms with van der Waals surface area (Å²) in [6, 6.07) is 6.63. The van der Waals surface area contributed by atoms with Crippen molar-refractivity contribution in [1.82, 2.24) is 19.5 Å². The van der Waals surface area contributed by atoms with Gasteiger partial charge in [-0.3, -0.25) is 4.79 Å². The lowest BCUT2D eigenvalue weighted by atomic mass is 9.96. The maximum Gasteiger partial charge on any atom is 0.335 e. The first-order valence-electron chi connectivity index (χ1n) is 9.04. The van der Waals surface area contributed by atoms with Crippen molar-refractivity contribution in [1.29, 1.82) is 0 Å². The molecule has 0 spiro atoms. The second-order valence-corrected chi connectivity index (χ2v) is 6.89. The van der Waals surface area contributed by atoms with Gasteiger partial charge in [0.25, 0.3) is 5.91 Å². The lowest BCUT2D eigenvalue weighted by Gasteiger charge is -2.17. The van der Waals surface area contributed by atoms with Gasteiger partial charge in [0.05, 0.1) is 18.9 Å². The number of hydrogen-bond donors (Lipinski definition) is 1. The van der Waals surface area contributed by atoms with E-state index in [9.17, 15) is 14.7 Å². The Labute approximate surface area is 161 Å². The predicted molar refractivity (Wildman–Crippen MR) is 101 cm³/mol. The largest absolute Gasteiger partial charge is 0.496 e. The molecule has 1 fully saturated rings. The Balaban J connectivity index is 1.49. The molecule has 1 aromatic carbocycles. The molecule has 1 saturated heterocycles. The Bertz CT molecular complexity index is 1050. The van der Waals surface area contributed by atoms with E-state index in [1.807, 2.05) is 4.90 Å². The van der Waals surface area contributed by atoms with E-state index < -0.39 is 5.97 Å². The van der Waals surface area contributed by atoms with Crippen molar-refractivity contribution in [3.63, 3.8) is 0 Å². The van der Waals surface area contributed by atoms with Gasteiger partial charge < -0.3 is 14.7 Å². The highest BCUT2D eigenvalue weighted by Crippen LogP contribution is 2.28. The van der Waals surface area contributed by atoms with Gasteiger partial charge in [-0.15, -0.1) is 0 Å². The molecule has 0 bridgehead atoms. The smallest absolute Gasteiger partial charge is 0.335 e. The molecule has 28 heavy (non-hydrogen) atoms. The maximum atomic E-state index is 12.9. The van der Waals surface area contributed by atoms with E-state index in [4.69, 9.17) is 4.74 Å². The van der Waals surface area contributed by atoms with Crippen LogP contribution in [0.4, 0.5) is 0 Å². The lowest BCUT2D eigenvalue weighted by molar-refractivity contribution is 0.0696. The van der Waals surface area contributed by atoms with Crippen molar-refractivity contribution in [3.8, 4) is 5.75 Å². The summed E-state index contributed by atoms with van der Waals surface area (Å²) in [7, 11) is 1.57.